The summed E-state index contributed by atoms with van der Waals surface area (Å²) in [5, 5.41) is 9.65. The Morgan fingerprint density at radius 3 is 1.65 bits per heavy atom. The highest BCUT2D eigenvalue weighted by Crippen LogP contribution is 2.21. The molecule has 0 aliphatic heterocycles. The molecule has 3 nitrogen and oxygen atoms in total. The van der Waals surface area contributed by atoms with Crippen LogP contribution in [0.1, 0.15) is 64.4 Å². The topological polar surface area (TPSA) is 54.4 Å². The monoisotopic (exact) mass is 318 g/mol. The second-order valence-corrected chi connectivity index (χ2v) is 7.66. The molecule has 1 N–H and O–H groups in total. The number of aliphatic hydroxyl groups is 1. The summed E-state index contributed by atoms with van der Waals surface area (Å²) in [4.78, 5) is 21.9. The molecule has 3 heteroatoms. The molecule has 0 spiro atoms. The summed E-state index contributed by atoms with van der Waals surface area (Å²) < 4.78 is 0. The van der Waals surface area contributed by atoms with E-state index in [0.29, 0.717) is 11.1 Å². The molecule has 1 aromatic rings. The zero-order chi connectivity index (χ0) is 18.4. The van der Waals surface area contributed by atoms with Gasteiger partial charge in [0.1, 0.15) is 5.60 Å². The van der Waals surface area contributed by atoms with Crippen LogP contribution in [0.4, 0.5) is 0 Å². The summed E-state index contributed by atoms with van der Waals surface area (Å²) in [5.74, 6) is -0.171. The van der Waals surface area contributed by atoms with E-state index in [-0.39, 0.29) is 17.0 Å². The first-order valence-corrected chi connectivity index (χ1v) is 7.76. The van der Waals surface area contributed by atoms with E-state index >= 15 is 0 Å². The molecule has 0 saturated carbocycles. The van der Waals surface area contributed by atoms with Crippen molar-refractivity contribution in [2.45, 2.75) is 60.5 Å². The van der Waals surface area contributed by atoms with E-state index in [0.717, 1.165) is 6.42 Å². The predicted octanol–water partition coefficient (Wildman–Crippen LogP) is 4.38. The van der Waals surface area contributed by atoms with Gasteiger partial charge in [-0.1, -0.05) is 51.6 Å². The number of carbonyl (C=O) groups is 2. The standard InChI is InChI=1S/C15H22O2.C5H8O/c1-14(2,3)10-11-6-8-12(9-7-11)13(16)15(4,5)17;1-4(2)5(3)6/h6-9,17H,10H2,1-5H3;1H2,2-3H3. The van der Waals surface area contributed by atoms with Crippen molar-refractivity contribution in [3.63, 3.8) is 0 Å². The normalized spacial score (nSPS) is 11.3. The molecular weight excluding hydrogens is 288 g/mol. The van der Waals surface area contributed by atoms with Gasteiger partial charge in [-0.25, -0.2) is 0 Å². The van der Waals surface area contributed by atoms with Crippen molar-refractivity contribution in [1.29, 1.82) is 0 Å². The fourth-order valence-electron chi connectivity index (χ4n) is 1.74. The average Bonchev–Trinajstić information content (AvgIpc) is 2.36. The van der Waals surface area contributed by atoms with Gasteiger partial charge >= 0.3 is 0 Å². The van der Waals surface area contributed by atoms with Crippen LogP contribution in [0.25, 0.3) is 0 Å². The Balaban J connectivity index is 0.000000688. The first kappa shape index (κ1) is 21.3. The van der Waals surface area contributed by atoms with E-state index in [1.807, 2.05) is 12.1 Å². The third-order valence-electron chi connectivity index (χ3n) is 3.11. The van der Waals surface area contributed by atoms with Gasteiger partial charge < -0.3 is 5.11 Å². The third-order valence-corrected chi connectivity index (χ3v) is 3.11. The van der Waals surface area contributed by atoms with Crippen LogP contribution in [0.15, 0.2) is 36.4 Å². The summed E-state index contributed by atoms with van der Waals surface area (Å²) in [7, 11) is 0. The number of Topliss-reactive ketones (excluding diaryl/α,β-unsaturated/α-hetero) is 2. The minimum atomic E-state index is -1.30. The van der Waals surface area contributed by atoms with Crippen LogP contribution in [0.5, 0.6) is 0 Å². The molecule has 0 heterocycles. The second-order valence-electron chi connectivity index (χ2n) is 7.66. The SMILES string of the molecule is C=C(C)C(C)=O.CC(C)(C)Cc1ccc(C(=O)C(C)(C)O)cc1. The second kappa shape index (κ2) is 8.21. The fraction of sp³-hybridized carbons (Fsp3) is 0.500. The number of hydrogen-bond donors (Lipinski definition) is 1. The molecule has 0 fully saturated rings. The van der Waals surface area contributed by atoms with Crippen molar-refractivity contribution in [1.82, 2.24) is 0 Å². The zero-order valence-electron chi connectivity index (χ0n) is 15.5. The van der Waals surface area contributed by atoms with Gasteiger partial charge in [-0.15, -0.1) is 0 Å². The minimum Gasteiger partial charge on any atom is -0.382 e. The summed E-state index contributed by atoms with van der Waals surface area (Å²) >= 11 is 0. The van der Waals surface area contributed by atoms with E-state index in [9.17, 15) is 14.7 Å². The smallest absolute Gasteiger partial charge is 0.193 e. The molecule has 0 saturated heterocycles. The summed E-state index contributed by atoms with van der Waals surface area (Å²) in [6, 6.07) is 7.51. The van der Waals surface area contributed by atoms with Gasteiger partial charge in [-0.05, 0) is 50.7 Å². The van der Waals surface area contributed by atoms with Crippen LogP contribution in [0.2, 0.25) is 0 Å². The Kier molecular flexibility index (Phi) is 7.59. The molecule has 1 rings (SSSR count). The summed E-state index contributed by atoms with van der Waals surface area (Å²) in [5.41, 5.74) is 1.34. The predicted molar refractivity (Wildman–Crippen MR) is 95.7 cm³/mol. The molecule has 0 aromatic heterocycles. The van der Waals surface area contributed by atoms with Gasteiger partial charge in [-0.2, -0.15) is 0 Å². The molecule has 0 amide bonds. The van der Waals surface area contributed by atoms with Crippen LogP contribution >= 0.6 is 0 Å². The van der Waals surface area contributed by atoms with E-state index in [4.69, 9.17) is 0 Å². The van der Waals surface area contributed by atoms with Gasteiger partial charge in [0.15, 0.2) is 11.6 Å². The maximum absolute atomic E-state index is 11.8. The molecule has 0 atom stereocenters. The Morgan fingerprint density at radius 1 is 1.00 bits per heavy atom. The molecule has 0 radical (unpaired) electrons. The Bertz CT molecular complexity index is 540. The largest absolute Gasteiger partial charge is 0.382 e. The van der Waals surface area contributed by atoms with Crippen molar-refractivity contribution in [2.75, 3.05) is 0 Å². The molecule has 0 unspecified atom stereocenters. The molecule has 23 heavy (non-hydrogen) atoms. The Labute approximate surface area is 140 Å². The maximum Gasteiger partial charge on any atom is 0.193 e. The zero-order valence-corrected chi connectivity index (χ0v) is 15.5. The quantitative estimate of drug-likeness (QED) is 0.662. The average molecular weight is 318 g/mol. The van der Waals surface area contributed by atoms with Crippen LogP contribution in [0.3, 0.4) is 0 Å². The van der Waals surface area contributed by atoms with Crippen LogP contribution in [0, 0.1) is 5.41 Å². The first-order valence-electron chi connectivity index (χ1n) is 7.76. The number of ketones is 2. The Morgan fingerprint density at radius 2 is 1.39 bits per heavy atom. The fourth-order valence-corrected chi connectivity index (χ4v) is 1.74. The molecule has 0 bridgehead atoms. The van der Waals surface area contributed by atoms with Gasteiger partial charge in [0.25, 0.3) is 0 Å². The van der Waals surface area contributed by atoms with Gasteiger partial charge in [0.05, 0.1) is 0 Å². The highest BCUT2D eigenvalue weighted by Gasteiger charge is 2.25. The number of rotatable bonds is 4. The summed E-state index contributed by atoms with van der Waals surface area (Å²) in [6.45, 7) is 16.2. The lowest BCUT2D eigenvalue weighted by atomic mass is 9.87. The molecule has 0 aliphatic carbocycles. The molecule has 1 aromatic carbocycles. The number of carbonyl (C=O) groups excluding carboxylic acids is 2. The van der Waals surface area contributed by atoms with Crippen LogP contribution in [-0.2, 0) is 11.2 Å². The highest BCUT2D eigenvalue weighted by atomic mass is 16.3. The summed E-state index contributed by atoms with van der Waals surface area (Å²) in [6.07, 6.45) is 0.976. The number of allylic oxidation sites excluding steroid dienone is 1. The van der Waals surface area contributed by atoms with Crippen molar-refractivity contribution in [3.05, 3.63) is 47.5 Å². The van der Waals surface area contributed by atoms with E-state index in [1.54, 1.807) is 19.1 Å². The van der Waals surface area contributed by atoms with E-state index in [2.05, 4.69) is 27.4 Å². The van der Waals surface area contributed by atoms with Crippen LogP contribution in [-0.4, -0.2) is 22.3 Å². The Hall–Kier alpha value is -1.74. The lowest BCUT2D eigenvalue weighted by Crippen LogP contribution is -2.31. The molecule has 128 valence electrons. The van der Waals surface area contributed by atoms with E-state index < -0.39 is 5.60 Å². The van der Waals surface area contributed by atoms with Gasteiger partial charge in [0.2, 0.25) is 0 Å². The first-order chi connectivity index (χ1) is 10.2. The molecular formula is C20H30O3. The lowest BCUT2D eigenvalue weighted by molar-refractivity contribution is -0.113. The van der Waals surface area contributed by atoms with Gasteiger partial charge in [-0.3, -0.25) is 9.59 Å². The maximum atomic E-state index is 11.8. The van der Waals surface area contributed by atoms with Crippen LogP contribution < -0.4 is 0 Å². The van der Waals surface area contributed by atoms with E-state index in [1.165, 1.54) is 26.3 Å². The minimum absolute atomic E-state index is 0.0648. The lowest BCUT2D eigenvalue weighted by Gasteiger charge is -2.19. The molecule has 0 aliphatic rings. The van der Waals surface area contributed by atoms with Crippen molar-refractivity contribution in [2.24, 2.45) is 5.41 Å². The number of hydrogen-bond acceptors (Lipinski definition) is 3. The van der Waals surface area contributed by atoms with Crippen molar-refractivity contribution < 1.29 is 14.7 Å². The highest BCUT2D eigenvalue weighted by molar-refractivity contribution is 6.01. The van der Waals surface area contributed by atoms with Gasteiger partial charge in [0, 0.05) is 5.56 Å². The van der Waals surface area contributed by atoms with Crippen molar-refractivity contribution >= 4 is 11.6 Å². The van der Waals surface area contributed by atoms with Crippen molar-refractivity contribution in [3.8, 4) is 0 Å². The number of benzene rings is 1. The third kappa shape index (κ3) is 9.09.